The van der Waals surface area contributed by atoms with Gasteiger partial charge >= 0.3 is 10.1 Å². The van der Waals surface area contributed by atoms with Gasteiger partial charge in [0.15, 0.2) is 16.5 Å². The molecule has 0 aliphatic carbocycles. The van der Waals surface area contributed by atoms with E-state index in [0.717, 1.165) is 0 Å². The molecule has 9 heteroatoms. The van der Waals surface area contributed by atoms with Crippen LogP contribution >= 0.6 is 0 Å². The van der Waals surface area contributed by atoms with Gasteiger partial charge in [-0.1, -0.05) is 24.8 Å². The van der Waals surface area contributed by atoms with Crippen LogP contribution in [0.2, 0.25) is 0 Å². The molecule has 23 heavy (non-hydrogen) atoms. The van der Waals surface area contributed by atoms with Crippen LogP contribution in [-0.4, -0.2) is 13.0 Å². The highest BCUT2D eigenvalue weighted by Crippen LogP contribution is 2.35. The molecule has 0 bridgehead atoms. The molecular weight excluding hydrogens is 340 g/mol. The molecule has 2 rings (SSSR count). The molecule has 0 radical (unpaired) electrons. The van der Waals surface area contributed by atoms with Crippen molar-refractivity contribution < 1.29 is 35.3 Å². The molecule has 4 nitrogen and oxygen atoms in total. The predicted octanol–water partition coefficient (Wildman–Crippen LogP) is 3.93. The summed E-state index contributed by atoms with van der Waals surface area (Å²) in [5.74, 6) is -10.4. The number of hydrogen-bond donors (Lipinski definition) is 1. The maximum Gasteiger partial charge on any atom is 0.300 e. The topological polar surface area (TPSA) is 63.6 Å². The molecule has 0 fully saturated rings. The van der Waals surface area contributed by atoms with Gasteiger partial charge in [-0.3, -0.25) is 4.55 Å². The fourth-order valence-electron chi connectivity index (χ4n) is 1.70. The number of benzene rings is 2. The molecule has 0 saturated heterocycles. The first kappa shape index (κ1) is 17.0. The van der Waals surface area contributed by atoms with Gasteiger partial charge in [-0.25, -0.2) is 8.78 Å². The molecule has 0 aromatic heterocycles. The van der Waals surface area contributed by atoms with E-state index >= 15 is 0 Å². The molecule has 0 spiro atoms. The molecular formula is C14H8F4O4S. The van der Waals surface area contributed by atoms with Gasteiger partial charge in [-0.2, -0.15) is 17.2 Å². The predicted molar refractivity (Wildman–Crippen MR) is 72.7 cm³/mol. The van der Waals surface area contributed by atoms with Crippen molar-refractivity contribution >= 4 is 16.2 Å². The molecule has 0 heterocycles. The Hall–Kier alpha value is -2.39. The van der Waals surface area contributed by atoms with Crippen molar-refractivity contribution in [3.8, 4) is 11.5 Å². The van der Waals surface area contributed by atoms with E-state index in [1.54, 1.807) is 0 Å². The summed E-state index contributed by atoms with van der Waals surface area (Å²) in [6.07, 6.45) is 1.48. The first-order valence-corrected chi connectivity index (χ1v) is 7.34. The van der Waals surface area contributed by atoms with E-state index in [9.17, 15) is 26.0 Å². The van der Waals surface area contributed by atoms with Crippen molar-refractivity contribution in [1.29, 1.82) is 0 Å². The monoisotopic (exact) mass is 348 g/mol. The van der Waals surface area contributed by atoms with Crippen LogP contribution < -0.4 is 4.74 Å². The molecule has 2 aromatic rings. The molecule has 0 aliphatic rings. The quantitative estimate of drug-likeness (QED) is 0.517. The normalized spacial score (nSPS) is 11.3. The third-order valence-corrected chi connectivity index (χ3v) is 3.65. The van der Waals surface area contributed by atoms with E-state index in [0.29, 0.717) is 5.56 Å². The Kier molecular flexibility index (Phi) is 4.44. The summed E-state index contributed by atoms with van der Waals surface area (Å²) < 4.78 is 89.7. The van der Waals surface area contributed by atoms with E-state index in [1.165, 1.54) is 30.3 Å². The third-order valence-electron chi connectivity index (χ3n) is 2.78. The second-order valence-corrected chi connectivity index (χ2v) is 5.62. The Morgan fingerprint density at radius 3 is 1.83 bits per heavy atom. The second-order valence-electron chi connectivity index (χ2n) is 4.26. The summed E-state index contributed by atoms with van der Waals surface area (Å²) in [7, 11) is -5.50. The molecule has 122 valence electrons. The van der Waals surface area contributed by atoms with Crippen molar-refractivity contribution in [1.82, 2.24) is 0 Å². The molecule has 0 unspecified atom stereocenters. The first-order chi connectivity index (χ1) is 10.7. The SMILES string of the molecule is C=Cc1ccc(Oc2c(F)c(F)c(S(=O)(=O)O)c(F)c2F)cc1. The third kappa shape index (κ3) is 3.20. The Labute approximate surface area is 128 Å². The number of halogens is 4. The van der Waals surface area contributed by atoms with Crippen molar-refractivity contribution in [2.24, 2.45) is 0 Å². The summed E-state index contributed by atoms with van der Waals surface area (Å²) in [5.41, 5.74) is 0.650. The lowest BCUT2D eigenvalue weighted by molar-refractivity contribution is 0.346. The fraction of sp³-hybridized carbons (Fsp3) is 0. The van der Waals surface area contributed by atoms with Gasteiger partial charge < -0.3 is 4.74 Å². The average molecular weight is 348 g/mol. The number of rotatable bonds is 4. The number of ether oxygens (including phenoxy) is 1. The van der Waals surface area contributed by atoms with Crippen molar-refractivity contribution in [2.45, 2.75) is 4.90 Å². The first-order valence-electron chi connectivity index (χ1n) is 5.90. The highest BCUT2D eigenvalue weighted by molar-refractivity contribution is 7.85. The highest BCUT2D eigenvalue weighted by atomic mass is 32.2. The molecule has 0 aliphatic heterocycles. The minimum atomic E-state index is -5.50. The summed E-state index contributed by atoms with van der Waals surface area (Å²) in [4.78, 5) is -2.12. The van der Waals surface area contributed by atoms with Crippen molar-refractivity contribution in [3.63, 3.8) is 0 Å². The van der Waals surface area contributed by atoms with Crippen LogP contribution in [0.5, 0.6) is 11.5 Å². The van der Waals surface area contributed by atoms with Gasteiger partial charge in [0, 0.05) is 0 Å². The second kappa shape index (κ2) is 6.01. The van der Waals surface area contributed by atoms with Gasteiger partial charge in [0.25, 0.3) is 0 Å². The Morgan fingerprint density at radius 1 is 0.957 bits per heavy atom. The largest absolute Gasteiger partial charge is 0.451 e. The van der Waals surface area contributed by atoms with Gasteiger partial charge in [0.1, 0.15) is 5.75 Å². The van der Waals surface area contributed by atoms with Crippen molar-refractivity contribution in [3.05, 3.63) is 59.7 Å². The fourth-order valence-corrected chi connectivity index (χ4v) is 2.33. The molecule has 0 saturated carbocycles. The maximum atomic E-state index is 13.8. The summed E-state index contributed by atoms with van der Waals surface area (Å²) in [6.45, 7) is 3.49. The Bertz CT molecular complexity index is 848. The van der Waals surface area contributed by atoms with Crippen LogP contribution in [0, 0.1) is 23.3 Å². The lowest BCUT2D eigenvalue weighted by Crippen LogP contribution is -2.11. The van der Waals surface area contributed by atoms with E-state index in [4.69, 9.17) is 9.29 Å². The summed E-state index contributed by atoms with van der Waals surface area (Å²) in [6, 6.07) is 5.42. The zero-order valence-corrected chi connectivity index (χ0v) is 12.0. The van der Waals surface area contributed by atoms with E-state index < -0.39 is 44.0 Å². The van der Waals surface area contributed by atoms with Crippen LogP contribution in [0.15, 0.2) is 35.7 Å². The van der Waals surface area contributed by atoms with Gasteiger partial charge in [-0.15, -0.1) is 0 Å². The van der Waals surface area contributed by atoms with E-state index in [1.807, 2.05) is 0 Å². The van der Waals surface area contributed by atoms with Gasteiger partial charge in [-0.05, 0) is 17.7 Å². The highest BCUT2D eigenvalue weighted by Gasteiger charge is 2.33. The Balaban J connectivity index is 2.57. The van der Waals surface area contributed by atoms with E-state index in [2.05, 4.69) is 6.58 Å². The summed E-state index contributed by atoms with van der Waals surface area (Å²) >= 11 is 0. The van der Waals surface area contributed by atoms with Crippen LogP contribution in [0.1, 0.15) is 5.56 Å². The number of hydrogen-bond acceptors (Lipinski definition) is 3. The van der Waals surface area contributed by atoms with Gasteiger partial charge in [0.05, 0.1) is 0 Å². The summed E-state index contributed by atoms with van der Waals surface area (Å²) in [5, 5.41) is 0. The van der Waals surface area contributed by atoms with Crippen LogP contribution in [0.3, 0.4) is 0 Å². The zero-order chi connectivity index (χ0) is 17.4. The standard InChI is InChI=1S/C14H8F4O4S/c1-2-7-3-5-8(6-4-7)22-13-9(15)11(17)14(23(19,20)21)12(18)10(13)16/h2-6H,1H2,(H,19,20,21). The minimum absolute atomic E-state index is 0.160. The van der Waals surface area contributed by atoms with Crippen LogP contribution in [-0.2, 0) is 10.1 Å². The minimum Gasteiger partial charge on any atom is -0.451 e. The molecule has 2 aromatic carbocycles. The van der Waals surface area contributed by atoms with Gasteiger partial charge in [0.2, 0.25) is 17.4 Å². The molecule has 0 atom stereocenters. The maximum absolute atomic E-state index is 13.8. The smallest absolute Gasteiger partial charge is 0.300 e. The molecule has 1 N–H and O–H groups in total. The van der Waals surface area contributed by atoms with Crippen LogP contribution in [0.25, 0.3) is 6.08 Å². The average Bonchev–Trinajstić information content (AvgIpc) is 2.49. The van der Waals surface area contributed by atoms with Crippen molar-refractivity contribution in [2.75, 3.05) is 0 Å². The molecule has 0 amide bonds. The Morgan fingerprint density at radius 2 is 1.43 bits per heavy atom. The van der Waals surface area contributed by atoms with Crippen LogP contribution in [0.4, 0.5) is 17.6 Å². The van der Waals surface area contributed by atoms with E-state index in [-0.39, 0.29) is 5.75 Å². The lowest BCUT2D eigenvalue weighted by atomic mass is 10.2. The lowest BCUT2D eigenvalue weighted by Gasteiger charge is -2.11. The zero-order valence-electron chi connectivity index (χ0n) is 11.2.